The zero-order chi connectivity index (χ0) is 26.5. The summed E-state index contributed by atoms with van der Waals surface area (Å²) >= 11 is 0. The van der Waals surface area contributed by atoms with Crippen molar-refractivity contribution in [2.75, 3.05) is 17.6 Å². The number of benzene rings is 3. The lowest BCUT2D eigenvalue weighted by molar-refractivity contribution is 0.0964. The highest BCUT2D eigenvalue weighted by Crippen LogP contribution is 2.49. The number of hydrogen-bond donors (Lipinski definition) is 3. The van der Waals surface area contributed by atoms with E-state index in [0.717, 1.165) is 24.7 Å². The number of nitrogens with one attached hydrogen (secondary N) is 1. The molecule has 3 aromatic carbocycles. The molecule has 1 aromatic heterocycles. The zero-order valence-corrected chi connectivity index (χ0v) is 20.9. The molecule has 0 unspecified atom stereocenters. The standard InChI is InChI=1S/C26H24BFN2O6S/c1-29-26(31)24-21-13-20(15-3-4-15)22(14-23(21)36-25(24)16-5-9-18(28)10-6-16)30(37(2,34)35)19-11-7-17(8-12-19)27(32)33/h5-15,32-33H,3-4H2,1-2H3,(H,29,31). The summed E-state index contributed by atoms with van der Waals surface area (Å²) in [6, 6.07) is 14.9. The van der Waals surface area contributed by atoms with E-state index in [1.54, 1.807) is 12.1 Å². The van der Waals surface area contributed by atoms with Crippen LogP contribution in [0.15, 0.2) is 65.1 Å². The van der Waals surface area contributed by atoms with Crippen molar-refractivity contribution in [1.82, 2.24) is 5.32 Å². The Bertz CT molecular complexity index is 1600. The van der Waals surface area contributed by atoms with Crippen LogP contribution in [0.5, 0.6) is 0 Å². The number of sulfonamides is 1. The van der Waals surface area contributed by atoms with Crippen LogP contribution < -0.4 is 15.1 Å². The number of carbonyl (C=O) groups excluding carboxylic acids is 1. The number of furan rings is 1. The molecule has 11 heteroatoms. The van der Waals surface area contributed by atoms with Gasteiger partial charge in [-0.15, -0.1) is 0 Å². The maximum Gasteiger partial charge on any atom is 0.488 e. The highest BCUT2D eigenvalue weighted by molar-refractivity contribution is 7.92. The summed E-state index contributed by atoms with van der Waals surface area (Å²) in [6.07, 6.45) is 2.82. The van der Waals surface area contributed by atoms with E-state index in [9.17, 15) is 27.7 Å². The summed E-state index contributed by atoms with van der Waals surface area (Å²) < 4.78 is 47.0. The van der Waals surface area contributed by atoms with E-state index in [4.69, 9.17) is 4.42 Å². The lowest BCUT2D eigenvalue weighted by atomic mass is 9.80. The minimum absolute atomic E-state index is 0.101. The third kappa shape index (κ3) is 4.73. The molecule has 0 bridgehead atoms. The van der Waals surface area contributed by atoms with Crippen molar-refractivity contribution in [3.63, 3.8) is 0 Å². The first-order valence-corrected chi connectivity index (χ1v) is 13.5. The van der Waals surface area contributed by atoms with Gasteiger partial charge in [0, 0.05) is 24.1 Å². The van der Waals surface area contributed by atoms with Gasteiger partial charge in [-0.1, -0.05) is 12.1 Å². The molecule has 0 atom stereocenters. The fourth-order valence-electron chi connectivity index (χ4n) is 4.49. The van der Waals surface area contributed by atoms with Crippen LogP contribution >= 0.6 is 0 Å². The van der Waals surface area contributed by atoms with Crippen LogP contribution in [-0.4, -0.2) is 44.8 Å². The predicted molar refractivity (Wildman–Crippen MR) is 140 cm³/mol. The number of carbonyl (C=O) groups is 1. The van der Waals surface area contributed by atoms with Gasteiger partial charge in [0.25, 0.3) is 5.91 Å². The Morgan fingerprint density at radius 3 is 2.27 bits per heavy atom. The van der Waals surface area contributed by atoms with E-state index in [-0.39, 0.29) is 28.6 Å². The fourth-order valence-corrected chi connectivity index (χ4v) is 5.51. The van der Waals surface area contributed by atoms with E-state index >= 15 is 0 Å². The molecule has 4 aromatic rings. The normalized spacial score (nSPS) is 13.5. The number of rotatable bonds is 7. The SMILES string of the molecule is CNC(=O)c1c(-c2ccc(F)cc2)oc2cc(N(c3ccc(B(O)O)cc3)S(C)(=O)=O)c(C3CC3)cc12. The number of anilines is 2. The Hall–Kier alpha value is -3.67. The molecule has 8 nitrogen and oxygen atoms in total. The molecular formula is C26H24BFN2O6S. The van der Waals surface area contributed by atoms with Crippen LogP contribution in [0.25, 0.3) is 22.3 Å². The van der Waals surface area contributed by atoms with Crippen molar-refractivity contribution >= 4 is 50.9 Å². The third-order valence-electron chi connectivity index (χ3n) is 6.39. The minimum atomic E-state index is -3.84. The molecule has 1 fully saturated rings. The Balaban J connectivity index is 1.76. The summed E-state index contributed by atoms with van der Waals surface area (Å²) in [5, 5.41) is 22.0. The van der Waals surface area contributed by atoms with Gasteiger partial charge in [0.15, 0.2) is 0 Å². The van der Waals surface area contributed by atoms with Gasteiger partial charge in [-0.3, -0.25) is 4.79 Å². The lowest BCUT2D eigenvalue weighted by Gasteiger charge is -2.25. The third-order valence-corrected chi connectivity index (χ3v) is 7.46. The monoisotopic (exact) mass is 522 g/mol. The summed E-state index contributed by atoms with van der Waals surface area (Å²) in [7, 11) is -4.02. The number of fused-ring (bicyclic) bond motifs is 1. The molecule has 1 saturated carbocycles. The first-order chi connectivity index (χ1) is 17.6. The summed E-state index contributed by atoms with van der Waals surface area (Å²) in [5.41, 5.74) is 2.76. The summed E-state index contributed by atoms with van der Waals surface area (Å²) in [6.45, 7) is 0. The van der Waals surface area contributed by atoms with Crippen LogP contribution in [0.4, 0.5) is 15.8 Å². The van der Waals surface area contributed by atoms with Gasteiger partial charge < -0.3 is 19.8 Å². The average molecular weight is 522 g/mol. The smallest absolute Gasteiger partial charge is 0.455 e. The van der Waals surface area contributed by atoms with Gasteiger partial charge in [-0.25, -0.2) is 17.1 Å². The highest BCUT2D eigenvalue weighted by atomic mass is 32.2. The molecule has 1 amide bonds. The summed E-state index contributed by atoms with van der Waals surface area (Å²) in [5.74, 6) is -0.460. The van der Waals surface area contributed by atoms with E-state index in [1.165, 1.54) is 59.9 Å². The quantitative estimate of drug-likeness (QED) is 0.321. The molecule has 0 saturated heterocycles. The molecule has 190 valence electrons. The van der Waals surface area contributed by atoms with Crippen molar-refractivity contribution in [3.8, 4) is 11.3 Å². The number of halogens is 1. The molecule has 3 N–H and O–H groups in total. The van der Waals surface area contributed by atoms with E-state index in [1.807, 2.05) is 0 Å². The van der Waals surface area contributed by atoms with Crippen molar-refractivity contribution in [2.45, 2.75) is 18.8 Å². The Labute approximate surface area is 213 Å². The Kier molecular flexibility index (Phi) is 6.30. The van der Waals surface area contributed by atoms with E-state index < -0.39 is 23.0 Å². The molecule has 37 heavy (non-hydrogen) atoms. The minimum Gasteiger partial charge on any atom is -0.455 e. The van der Waals surface area contributed by atoms with Crippen LogP contribution in [0.2, 0.25) is 0 Å². The molecule has 1 aliphatic rings. The van der Waals surface area contributed by atoms with E-state index in [2.05, 4.69) is 5.32 Å². The maximum atomic E-state index is 13.6. The van der Waals surface area contributed by atoms with E-state index in [0.29, 0.717) is 27.9 Å². The molecule has 1 aliphatic carbocycles. The van der Waals surface area contributed by atoms with Gasteiger partial charge >= 0.3 is 7.12 Å². The van der Waals surface area contributed by atoms with Crippen LogP contribution in [-0.2, 0) is 10.0 Å². The van der Waals surface area contributed by atoms with Gasteiger partial charge in [-0.05, 0) is 72.3 Å². The molecular weight excluding hydrogens is 498 g/mol. The summed E-state index contributed by atoms with van der Waals surface area (Å²) in [4.78, 5) is 12.9. The maximum absolute atomic E-state index is 13.6. The zero-order valence-electron chi connectivity index (χ0n) is 20.1. The second-order valence-corrected chi connectivity index (χ2v) is 10.9. The topological polar surface area (TPSA) is 120 Å². The number of hydrogen-bond acceptors (Lipinski definition) is 6. The Morgan fingerprint density at radius 2 is 1.73 bits per heavy atom. The highest BCUT2D eigenvalue weighted by Gasteiger charge is 2.34. The predicted octanol–water partition coefficient (Wildman–Crippen LogP) is 3.25. The molecule has 0 radical (unpaired) electrons. The van der Waals surface area contributed by atoms with Crippen molar-refractivity contribution < 1.29 is 32.1 Å². The van der Waals surface area contributed by atoms with Crippen molar-refractivity contribution in [2.24, 2.45) is 0 Å². The van der Waals surface area contributed by atoms with Gasteiger partial charge in [0.1, 0.15) is 17.2 Å². The van der Waals surface area contributed by atoms with Crippen LogP contribution in [0.1, 0.15) is 34.7 Å². The van der Waals surface area contributed by atoms with Crippen LogP contribution in [0, 0.1) is 5.82 Å². The first-order valence-electron chi connectivity index (χ1n) is 11.6. The number of amides is 1. The second kappa shape index (κ2) is 9.33. The average Bonchev–Trinajstić information content (AvgIpc) is 3.63. The molecule has 0 spiro atoms. The number of nitrogens with zero attached hydrogens (tertiary/aromatic N) is 1. The lowest BCUT2D eigenvalue weighted by Crippen LogP contribution is -2.30. The Morgan fingerprint density at radius 1 is 1.08 bits per heavy atom. The van der Waals surface area contributed by atoms with Crippen LogP contribution in [0.3, 0.4) is 0 Å². The molecule has 5 rings (SSSR count). The molecule has 1 heterocycles. The van der Waals surface area contributed by atoms with Gasteiger partial charge in [0.05, 0.1) is 23.2 Å². The van der Waals surface area contributed by atoms with Crippen molar-refractivity contribution in [3.05, 3.63) is 77.6 Å². The fraction of sp³-hybridized carbons (Fsp3) is 0.192. The van der Waals surface area contributed by atoms with Crippen molar-refractivity contribution in [1.29, 1.82) is 0 Å². The first kappa shape index (κ1) is 25.0. The second-order valence-electron chi connectivity index (χ2n) is 9.07. The largest absolute Gasteiger partial charge is 0.488 e. The molecule has 0 aliphatic heterocycles. The van der Waals surface area contributed by atoms with Gasteiger partial charge in [0.2, 0.25) is 10.0 Å². The van der Waals surface area contributed by atoms with Gasteiger partial charge in [-0.2, -0.15) is 0 Å².